The monoisotopic (exact) mass is 303 g/mol. The Labute approximate surface area is 132 Å². The van der Waals surface area contributed by atoms with Gasteiger partial charge < -0.3 is 20.3 Å². The van der Waals surface area contributed by atoms with Gasteiger partial charge >= 0.3 is 0 Å². The van der Waals surface area contributed by atoms with E-state index in [4.69, 9.17) is 4.74 Å². The van der Waals surface area contributed by atoms with Crippen LogP contribution in [0.4, 0.5) is 11.4 Å². The van der Waals surface area contributed by atoms with Gasteiger partial charge in [0.25, 0.3) is 5.91 Å². The molecule has 1 aromatic rings. The van der Waals surface area contributed by atoms with E-state index in [0.29, 0.717) is 19.2 Å². The third-order valence-corrected chi connectivity index (χ3v) is 4.42. The number of amides is 1. The zero-order valence-electron chi connectivity index (χ0n) is 13.2. The number of anilines is 2. The summed E-state index contributed by atoms with van der Waals surface area (Å²) in [4.78, 5) is 14.4. The molecule has 0 radical (unpaired) electrons. The number of benzene rings is 1. The van der Waals surface area contributed by atoms with Crippen LogP contribution in [-0.4, -0.2) is 49.7 Å². The Hall–Kier alpha value is -1.59. The molecule has 1 saturated carbocycles. The highest BCUT2D eigenvalue weighted by Gasteiger charge is 2.24. The number of nitrogens with one attached hydrogen (secondary N) is 2. The van der Waals surface area contributed by atoms with Crippen LogP contribution in [0.3, 0.4) is 0 Å². The number of nitrogens with zero attached hydrogens (tertiary/aromatic N) is 1. The minimum atomic E-state index is -0.384. The lowest BCUT2D eigenvalue weighted by Gasteiger charge is -2.29. The Balaban J connectivity index is 1.58. The van der Waals surface area contributed by atoms with Gasteiger partial charge in [-0.2, -0.15) is 0 Å². The van der Waals surface area contributed by atoms with Crippen molar-refractivity contribution in [2.24, 2.45) is 0 Å². The average molecular weight is 303 g/mol. The Morgan fingerprint density at radius 3 is 2.82 bits per heavy atom. The van der Waals surface area contributed by atoms with Crippen LogP contribution in [0, 0.1) is 0 Å². The second kappa shape index (κ2) is 7.11. The summed E-state index contributed by atoms with van der Waals surface area (Å²) in [5, 5.41) is 6.52. The van der Waals surface area contributed by atoms with Crippen molar-refractivity contribution in [2.45, 2.75) is 37.8 Å². The fourth-order valence-corrected chi connectivity index (χ4v) is 3.15. The molecule has 2 fully saturated rings. The largest absolute Gasteiger partial charge is 0.382 e. The highest BCUT2D eigenvalue weighted by molar-refractivity contribution is 5.94. The molecule has 1 atom stereocenters. The molecule has 120 valence electrons. The van der Waals surface area contributed by atoms with E-state index < -0.39 is 0 Å². The van der Waals surface area contributed by atoms with Gasteiger partial charge in [0, 0.05) is 30.5 Å². The van der Waals surface area contributed by atoms with Crippen LogP contribution >= 0.6 is 0 Å². The number of rotatable bonds is 4. The van der Waals surface area contributed by atoms with E-state index in [1.54, 1.807) is 0 Å². The molecule has 1 amide bonds. The SMILES string of the molecule is CN1CCO[C@H](C(=O)Nc2cccc(NC3CCCC3)c2)C1. The molecule has 2 N–H and O–H groups in total. The molecule has 2 aliphatic rings. The smallest absolute Gasteiger partial charge is 0.254 e. The molecular weight excluding hydrogens is 278 g/mol. The first-order valence-electron chi connectivity index (χ1n) is 8.18. The highest BCUT2D eigenvalue weighted by Crippen LogP contribution is 2.24. The lowest BCUT2D eigenvalue weighted by atomic mass is 10.2. The van der Waals surface area contributed by atoms with Crippen LogP contribution < -0.4 is 10.6 Å². The molecule has 3 rings (SSSR count). The van der Waals surface area contributed by atoms with E-state index in [-0.39, 0.29) is 12.0 Å². The average Bonchev–Trinajstić information content (AvgIpc) is 3.00. The summed E-state index contributed by atoms with van der Waals surface area (Å²) < 4.78 is 5.55. The van der Waals surface area contributed by atoms with E-state index in [1.807, 2.05) is 25.2 Å². The van der Waals surface area contributed by atoms with Crippen molar-refractivity contribution in [3.63, 3.8) is 0 Å². The third-order valence-electron chi connectivity index (χ3n) is 4.42. The molecule has 1 saturated heterocycles. The van der Waals surface area contributed by atoms with Crippen molar-refractivity contribution in [2.75, 3.05) is 37.4 Å². The molecule has 1 aliphatic heterocycles. The van der Waals surface area contributed by atoms with Gasteiger partial charge in [-0.3, -0.25) is 4.79 Å². The summed E-state index contributed by atoms with van der Waals surface area (Å²) in [5.41, 5.74) is 1.90. The number of hydrogen-bond acceptors (Lipinski definition) is 4. The topological polar surface area (TPSA) is 53.6 Å². The summed E-state index contributed by atoms with van der Waals surface area (Å²) in [6.07, 6.45) is 4.70. The molecule has 1 heterocycles. The van der Waals surface area contributed by atoms with Gasteiger partial charge in [0.05, 0.1) is 6.61 Å². The highest BCUT2D eigenvalue weighted by atomic mass is 16.5. The zero-order chi connectivity index (χ0) is 15.4. The van der Waals surface area contributed by atoms with E-state index >= 15 is 0 Å². The molecular formula is C17H25N3O2. The summed E-state index contributed by atoms with van der Waals surface area (Å²) in [6, 6.07) is 8.52. The van der Waals surface area contributed by atoms with Crippen LogP contribution in [0.5, 0.6) is 0 Å². The summed E-state index contributed by atoms with van der Waals surface area (Å²) in [5.74, 6) is -0.0652. The summed E-state index contributed by atoms with van der Waals surface area (Å²) in [6.45, 7) is 2.13. The Kier molecular flexibility index (Phi) is 4.95. The Bertz CT molecular complexity index is 514. The number of likely N-dealkylation sites (N-methyl/N-ethyl adjacent to an activating group) is 1. The molecule has 0 unspecified atom stereocenters. The van der Waals surface area contributed by atoms with Crippen molar-refractivity contribution in [3.8, 4) is 0 Å². The number of carbonyl (C=O) groups excluding carboxylic acids is 1. The molecule has 0 bridgehead atoms. The first kappa shape index (κ1) is 15.3. The number of morpholine rings is 1. The first-order chi connectivity index (χ1) is 10.7. The lowest BCUT2D eigenvalue weighted by Crippen LogP contribution is -2.46. The van der Waals surface area contributed by atoms with Crippen molar-refractivity contribution in [3.05, 3.63) is 24.3 Å². The maximum absolute atomic E-state index is 12.3. The second-order valence-corrected chi connectivity index (χ2v) is 6.32. The van der Waals surface area contributed by atoms with Crippen LogP contribution in [-0.2, 0) is 9.53 Å². The van der Waals surface area contributed by atoms with Crippen LogP contribution in [0.2, 0.25) is 0 Å². The van der Waals surface area contributed by atoms with Crippen molar-refractivity contribution in [1.29, 1.82) is 0 Å². The molecule has 22 heavy (non-hydrogen) atoms. The van der Waals surface area contributed by atoms with Crippen LogP contribution in [0.25, 0.3) is 0 Å². The van der Waals surface area contributed by atoms with E-state index in [0.717, 1.165) is 17.9 Å². The fraction of sp³-hybridized carbons (Fsp3) is 0.588. The van der Waals surface area contributed by atoms with Gasteiger partial charge in [-0.25, -0.2) is 0 Å². The normalized spacial score (nSPS) is 23.4. The molecule has 0 aromatic heterocycles. The Morgan fingerprint density at radius 1 is 1.27 bits per heavy atom. The van der Waals surface area contributed by atoms with Crippen molar-refractivity contribution < 1.29 is 9.53 Å². The molecule has 1 aliphatic carbocycles. The van der Waals surface area contributed by atoms with Gasteiger partial charge in [-0.05, 0) is 38.1 Å². The summed E-state index contributed by atoms with van der Waals surface area (Å²) in [7, 11) is 2.01. The van der Waals surface area contributed by atoms with Gasteiger partial charge in [0.2, 0.25) is 0 Å². The van der Waals surface area contributed by atoms with E-state index in [9.17, 15) is 4.79 Å². The minimum absolute atomic E-state index is 0.0652. The second-order valence-electron chi connectivity index (χ2n) is 6.32. The minimum Gasteiger partial charge on any atom is -0.382 e. The number of carbonyl (C=O) groups is 1. The quantitative estimate of drug-likeness (QED) is 0.896. The first-order valence-corrected chi connectivity index (χ1v) is 8.18. The molecule has 5 heteroatoms. The predicted molar refractivity (Wildman–Crippen MR) is 88.2 cm³/mol. The van der Waals surface area contributed by atoms with Gasteiger partial charge in [0.1, 0.15) is 6.10 Å². The molecule has 0 spiro atoms. The van der Waals surface area contributed by atoms with E-state index in [2.05, 4.69) is 21.6 Å². The van der Waals surface area contributed by atoms with Crippen LogP contribution in [0.15, 0.2) is 24.3 Å². The summed E-state index contributed by atoms with van der Waals surface area (Å²) >= 11 is 0. The van der Waals surface area contributed by atoms with Gasteiger partial charge in [0.15, 0.2) is 0 Å². The standard InChI is InChI=1S/C17H25N3O2/c1-20-9-10-22-16(12-20)17(21)19-15-8-4-7-14(11-15)18-13-5-2-3-6-13/h4,7-8,11,13,16,18H,2-3,5-6,9-10,12H2,1H3,(H,19,21)/t16-/m0/s1. The van der Waals surface area contributed by atoms with Crippen molar-refractivity contribution in [1.82, 2.24) is 4.90 Å². The number of hydrogen-bond donors (Lipinski definition) is 2. The zero-order valence-corrected chi connectivity index (χ0v) is 13.2. The lowest BCUT2D eigenvalue weighted by molar-refractivity contribution is -0.132. The van der Waals surface area contributed by atoms with Gasteiger partial charge in [-0.1, -0.05) is 18.9 Å². The third kappa shape index (κ3) is 3.99. The van der Waals surface area contributed by atoms with Crippen LogP contribution in [0.1, 0.15) is 25.7 Å². The number of ether oxygens (including phenoxy) is 1. The molecule has 5 nitrogen and oxygen atoms in total. The van der Waals surface area contributed by atoms with Crippen molar-refractivity contribution >= 4 is 17.3 Å². The van der Waals surface area contributed by atoms with Gasteiger partial charge in [-0.15, -0.1) is 0 Å². The maximum Gasteiger partial charge on any atom is 0.254 e. The fourth-order valence-electron chi connectivity index (χ4n) is 3.15. The Morgan fingerprint density at radius 2 is 2.05 bits per heavy atom. The predicted octanol–water partition coefficient (Wildman–Crippen LogP) is 2.31. The molecule has 1 aromatic carbocycles. The van der Waals surface area contributed by atoms with E-state index in [1.165, 1.54) is 25.7 Å². The maximum atomic E-state index is 12.3.